The van der Waals surface area contributed by atoms with Crippen molar-refractivity contribution in [3.8, 4) is 0 Å². The van der Waals surface area contributed by atoms with E-state index in [9.17, 15) is 9.59 Å². The van der Waals surface area contributed by atoms with Crippen molar-refractivity contribution in [2.75, 3.05) is 32.1 Å². The molecule has 8 nitrogen and oxygen atoms in total. The Morgan fingerprint density at radius 1 is 1.27 bits per heavy atom. The van der Waals surface area contributed by atoms with Crippen molar-refractivity contribution in [2.24, 2.45) is 0 Å². The third kappa shape index (κ3) is 4.36. The molecule has 0 aliphatic carbocycles. The summed E-state index contributed by atoms with van der Waals surface area (Å²) in [4.78, 5) is 37.0. The van der Waals surface area contributed by atoms with Crippen LogP contribution in [-0.2, 0) is 11.3 Å². The van der Waals surface area contributed by atoms with Gasteiger partial charge >= 0.3 is 0 Å². The van der Waals surface area contributed by atoms with Crippen LogP contribution in [0.2, 0.25) is 0 Å². The summed E-state index contributed by atoms with van der Waals surface area (Å²) in [5.41, 5.74) is 1.77. The first kappa shape index (κ1) is 20.5. The number of imidazole rings is 1. The molecular weight excluding hydrogens is 402 g/mol. The van der Waals surface area contributed by atoms with E-state index in [1.807, 2.05) is 20.9 Å². The number of methoxy groups -OCH3 is 1. The van der Waals surface area contributed by atoms with Gasteiger partial charge < -0.3 is 9.64 Å². The van der Waals surface area contributed by atoms with Crippen molar-refractivity contribution in [3.05, 3.63) is 40.2 Å². The van der Waals surface area contributed by atoms with Crippen LogP contribution < -0.4 is 5.32 Å². The summed E-state index contributed by atoms with van der Waals surface area (Å²) in [5, 5.41) is 4.75. The van der Waals surface area contributed by atoms with Crippen LogP contribution >= 0.6 is 11.3 Å². The van der Waals surface area contributed by atoms with Crippen molar-refractivity contribution < 1.29 is 14.3 Å². The third-order valence-corrected chi connectivity index (χ3v) is 6.04. The zero-order valence-corrected chi connectivity index (χ0v) is 17.8. The Hall–Kier alpha value is -2.78. The minimum absolute atomic E-state index is 0.0118. The molecule has 0 aromatic carbocycles. The maximum absolute atomic E-state index is 12.8. The van der Waals surface area contributed by atoms with E-state index in [4.69, 9.17) is 4.74 Å². The zero-order valence-electron chi connectivity index (χ0n) is 17.0. The average Bonchev–Trinajstić information content (AvgIpc) is 3.42. The molecule has 1 saturated heterocycles. The van der Waals surface area contributed by atoms with Gasteiger partial charge in [0.05, 0.1) is 10.4 Å². The zero-order chi connectivity index (χ0) is 20.9. The molecule has 0 unspecified atom stereocenters. The number of nitrogens with zero attached hydrogens (tertiary/aromatic N) is 4. The molecule has 1 N–H and O–H groups in total. The van der Waals surface area contributed by atoms with Crippen LogP contribution in [0.1, 0.15) is 45.7 Å². The Labute approximate surface area is 178 Å². The predicted molar refractivity (Wildman–Crippen MR) is 116 cm³/mol. The number of hydrogen-bond acceptors (Lipinski definition) is 6. The maximum atomic E-state index is 12.8. The molecule has 30 heavy (non-hydrogen) atoms. The minimum Gasteiger partial charge on any atom is -0.385 e. The highest BCUT2D eigenvalue weighted by Gasteiger charge is 2.21. The Balaban J connectivity index is 1.64. The van der Waals surface area contributed by atoms with Gasteiger partial charge in [-0.3, -0.25) is 19.5 Å². The molecule has 2 amide bonds. The van der Waals surface area contributed by atoms with E-state index in [2.05, 4.69) is 15.3 Å². The SMILES string of the molecule is COCCCn1c(NC(=O)c2cccs2)nc2cc(C(=O)N3CCCCC3)cnc21. The number of carbonyl (C=O) groups is 2. The molecule has 158 valence electrons. The van der Waals surface area contributed by atoms with Crippen LogP contribution in [0.4, 0.5) is 5.95 Å². The van der Waals surface area contributed by atoms with Crippen molar-refractivity contribution in [1.29, 1.82) is 0 Å². The fraction of sp³-hybridized carbons (Fsp3) is 0.429. The third-order valence-electron chi connectivity index (χ3n) is 5.18. The summed E-state index contributed by atoms with van der Waals surface area (Å²) in [6.45, 7) is 2.75. The van der Waals surface area contributed by atoms with E-state index in [-0.39, 0.29) is 11.8 Å². The Bertz CT molecular complexity index is 1020. The second kappa shape index (κ2) is 9.36. The molecule has 0 bridgehead atoms. The number of piperidine rings is 1. The van der Waals surface area contributed by atoms with E-state index < -0.39 is 0 Å². The van der Waals surface area contributed by atoms with Gasteiger partial charge in [0.25, 0.3) is 11.8 Å². The second-order valence-corrected chi connectivity index (χ2v) is 8.23. The first-order valence-electron chi connectivity index (χ1n) is 10.2. The first-order chi connectivity index (χ1) is 14.7. The van der Waals surface area contributed by atoms with E-state index in [1.165, 1.54) is 17.8 Å². The van der Waals surface area contributed by atoms with Gasteiger partial charge in [0.15, 0.2) is 5.65 Å². The molecule has 3 aromatic heterocycles. The number of aromatic nitrogens is 3. The van der Waals surface area contributed by atoms with E-state index in [0.717, 1.165) is 32.4 Å². The summed E-state index contributed by atoms with van der Waals surface area (Å²) in [6, 6.07) is 5.37. The topological polar surface area (TPSA) is 89.3 Å². The molecule has 0 spiro atoms. The summed E-state index contributed by atoms with van der Waals surface area (Å²) in [5.74, 6) is 0.203. The first-order valence-corrected chi connectivity index (χ1v) is 11.0. The lowest BCUT2D eigenvalue weighted by molar-refractivity contribution is 0.0724. The number of ether oxygens (including phenoxy) is 1. The number of likely N-dealkylation sites (tertiary alicyclic amines) is 1. The van der Waals surface area contributed by atoms with Gasteiger partial charge in [-0.2, -0.15) is 0 Å². The Morgan fingerprint density at radius 2 is 2.10 bits per heavy atom. The standard InChI is InChI=1S/C21H25N5O3S/c1-29-11-6-10-26-18-16(23-21(26)24-19(27)17-7-5-12-30-17)13-15(14-22-18)20(28)25-8-3-2-4-9-25/h5,7,12-14H,2-4,6,8-11H2,1H3,(H,23,24,27). The van der Waals surface area contributed by atoms with Gasteiger partial charge in [-0.15, -0.1) is 11.3 Å². The normalized spacial score (nSPS) is 14.2. The van der Waals surface area contributed by atoms with Crippen molar-refractivity contribution in [1.82, 2.24) is 19.4 Å². The summed E-state index contributed by atoms with van der Waals surface area (Å²) in [6.07, 6.45) is 5.60. The van der Waals surface area contributed by atoms with E-state index >= 15 is 0 Å². The van der Waals surface area contributed by atoms with E-state index in [1.54, 1.807) is 25.4 Å². The minimum atomic E-state index is -0.210. The van der Waals surface area contributed by atoms with Gasteiger partial charge in [-0.05, 0) is 43.2 Å². The van der Waals surface area contributed by atoms with Crippen LogP contribution in [0, 0.1) is 0 Å². The molecule has 1 fully saturated rings. The van der Waals surface area contributed by atoms with Crippen LogP contribution in [0.25, 0.3) is 11.2 Å². The second-order valence-electron chi connectivity index (χ2n) is 7.28. The summed E-state index contributed by atoms with van der Waals surface area (Å²) >= 11 is 1.37. The van der Waals surface area contributed by atoms with Gasteiger partial charge in [-0.25, -0.2) is 9.97 Å². The number of carbonyl (C=O) groups excluding carboxylic acids is 2. The molecule has 9 heteroatoms. The molecular formula is C21H25N5O3S. The highest BCUT2D eigenvalue weighted by Crippen LogP contribution is 2.22. The van der Waals surface area contributed by atoms with Gasteiger partial charge in [0.1, 0.15) is 5.52 Å². The van der Waals surface area contributed by atoms with Crippen LogP contribution in [0.3, 0.4) is 0 Å². The molecule has 1 aliphatic rings. The van der Waals surface area contributed by atoms with Crippen LogP contribution in [0.5, 0.6) is 0 Å². The average molecular weight is 428 g/mol. The number of hydrogen-bond donors (Lipinski definition) is 1. The summed E-state index contributed by atoms with van der Waals surface area (Å²) in [7, 11) is 1.65. The number of rotatable bonds is 7. The fourth-order valence-electron chi connectivity index (χ4n) is 3.65. The molecule has 3 aromatic rings. The van der Waals surface area contributed by atoms with Crippen molar-refractivity contribution >= 4 is 40.3 Å². The Morgan fingerprint density at radius 3 is 2.83 bits per heavy atom. The lowest BCUT2D eigenvalue weighted by atomic mass is 10.1. The van der Waals surface area contributed by atoms with Crippen LogP contribution in [-0.4, -0.2) is 58.1 Å². The van der Waals surface area contributed by atoms with Gasteiger partial charge in [0.2, 0.25) is 5.95 Å². The quantitative estimate of drug-likeness (QED) is 0.584. The number of aryl methyl sites for hydroxylation is 1. The lowest BCUT2D eigenvalue weighted by Gasteiger charge is -2.26. The summed E-state index contributed by atoms with van der Waals surface area (Å²) < 4.78 is 7.03. The largest absolute Gasteiger partial charge is 0.385 e. The van der Waals surface area contributed by atoms with Crippen LogP contribution in [0.15, 0.2) is 29.8 Å². The highest BCUT2D eigenvalue weighted by atomic mass is 32.1. The fourth-order valence-corrected chi connectivity index (χ4v) is 4.27. The molecule has 0 saturated carbocycles. The lowest BCUT2D eigenvalue weighted by Crippen LogP contribution is -2.35. The van der Waals surface area contributed by atoms with Gasteiger partial charge in [0, 0.05) is 39.5 Å². The van der Waals surface area contributed by atoms with Crippen molar-refractivity contribution in [3.63, 3.8) is 0 Å². The van der Waals surface area contributed by atoms with Crippen molar-refractivity contribution in [2.45, 2.75) is 32.2 Å². The predicted octanol–water partition coefficient (Wildman–Crippen LogP) is 3.41. The number of fused-ring (bicyclic) bond motifs is 1. The molecule has 0 radical (unpaired) electrons. The van der Waals surface area contributed by atoms with Gasteiger partial charge in [-0.1, -0.05) is 6.07 Å². The number of amides is 2. The molecule has 4 rings (SSSR count). The Kier molecular flexibility index (Phi) is 6.39. The molecule has 0 atom stereocenters. The number of anilines is 1. The number of pyridine rings is 1. The van der Waals surface area contributed by atoms with E-state index in [0.29, 0.717) is 40.7 Å². The number of nitrogens with one attached hydrogen (secondary N) is 1. The highest BCUT2D eigenvalue weighted by molar-refractivity contribution is 7.12. The smallest absolute Gasteiger partial charge is 0.268 e. The maximum Gasteiger partial charge on any atom is 0.268 e. The monoisotopic (exact) mass is 427 g/mol. The number of thiophene rings is 1. The molecule has 4 heterocycles. The molecule has 1 aliphatic heterocycles.